The van der Waals surface area contributed by atoms with E-state index in [1.54, 1.807) is 13.0 Å². The number of carbonyl (C=O) groups excluding carboxylic acids is 1. The van der Waals surface area contributed by atoms with Gasteiger partial charge in [0.05, 0.1) is 18.9 Å². The number of allylic oxidation sites excluding steroid dienone is 1. The van der Waals surface area contributed by atoms with Gasteiger partial charge in [0.25, 0.3) is 0 Å². The van der Waals surface area contributed by atoms with E-state index in [0.29, 0.717) is 23.4 Å². The van der Waals surface area contributed by atoms with Crippen molar-refractivity contribution in [1.82, 2.24) is 5.43 Å². The van der Waals surface area contributed by atoms with Gasteiger partial charge in [0, 0.05) is 46.2 Å². The van der Waals surface area contributed by atoms with E-state index in [-0.39, 0.29) is 44.3 Å². The number of hydrogen-bond acceptors (Lipinski definition) is 4. The maximum atomic E-state index is 12.0. The molecule has 25 heavy (non-hydrogen) atoms. The molecule has 1 aromatic rings. The van der Waals surface area contributed by atoms with E-state index in [2.05, 4.69) is 17.2 Å². The Bertz CT molecular complexity index is 641. The maximum Gasteiger partial charge on any atom is 0.237 e. The molecule has 0 aliphatic heterocycles. The van der Waals surface area contributed by atoms with Gasteiger partial charge in [-0.15, -0.1) is 0 Å². The Balaban J connectivity index is 0.00000576. The van der Waals surface area contributed by atoms with Crippen molar-refractivity contribution in [3.05, 3.63) is 53.8 Å². The fourth-order valence-electron chi connectivity index (χ4n) is 2.25. The van der Waals surface area contributed by atoms with Crippen LogP contribution in [0.1, 0.15) is 37.0 Å². The van der Waals surface area contributed by atoms with E-state index >= 15 is 0 Å². The fourth-order valence-corrected chi connectivity index (χ4v) is 2.25. The number of carbonyl (C=O) groups is 1. The first-order chi connectivity index (χ1) is 11.5. The van der Waals surface area contributed by atoms with E-state index in [9.17, 15) is 9.90 Å². The van der Waals surface area contributed by atoms with E-state index in [4.69, 9.17) is 11.7 Å². The zero-order valence-electron chi connectivity index (χ0n) is 14.7. The average molecular weight is 419 g/mol. The minimum Gasteiger partial charge on any atom is -0.393 e. The molecule has 0 bridgehead atoms. The third-order valence-corrected chi connectivity index (χ3v) is 3.48. The summed E-state index contributed by atoms with van der Waals surface area (Å²) in [5, 5.41) is 20.3. The van der Waals surface area contributed by atoms with Gasteiger partial charge in [0.15, 0.2) is 0 Å². The van der Waals surface area contributed by atoms with Gasteiger partial charge in [0.2, 0.25) is 11.6 Å². The molecule has 0 aliphatic carbocycles. The number of hydrogen-bond donors (Lipinski definition) is 3. The first kappa shape index (κ1) is 23.9. The molecule has 7 heteroatoms. The molecular formula is C18H24N3O3Y-. The predicted molar refractivity (Wildman–Crippen MR) is 94.4 cm³/mol. The number of nitrogens with one attached hydrogen (secondary N) is 1. The van der Waals surface area contributed by atoms with Crippen LogP contribution in [0.25, 0.3) is 4.85 Å². The summed E-state index contributed by atoms with van der Waals surface area (Å²) in [6.45, 7) is 14.3. The third-order valence-electron chi connectivity index (χ3n) is 3.48. The Labute approximate surface area is 174 Å². The second-order valence-corrected chi connectivity index (χ2v) is 5.34. The third kappa shape index (κ3) is 6.97. The van der Waals surface area contributed by atoms with Gasteiger partial charge in [-0.1, -0.05) is 18.6 Å². The molecule has 0 fully saturated rings. The first-order valence-electron chi connectivity index (χ1n) is 7.75. The quantitative estimate of drug-likeness (QED) is 0.344. The van der Waals surface area contributed by atoms with Crippen molar-refractivity contribution in [1.29, 1.82) is 0 Å². The molecule has 1 unspecified atom stereocenters. The van der Waals surface area contributed by atoms with Gasteiger partial charge in [-0.25, -0.2) is 10.3 Å². The van der Waals surface area contributed by atoms with Crippen molar-refractivity contribution in [2.75, 3.05) is 18.2 Å². The Hall–Kier alpha value is -1.10. The summed E-state index contributed by atoms with van der Waals surface area (Å²) in [5.41, 5.74) is 4.81. The molecule has 0 aromatic heterocycles. The number of rotatable bonds is 8. The van der Waals surface area contributed by atoms with Crippen LogP contribution in [0.4, 0.5) is 11.4 Å². The van der Waals surface area contributed by atoms with Crippen LogP contribution in [0.15, 0.2) is 24.3 Å². The molecule has 0 saturated heterocycles. The molecule has 3 N–H and O–H groups in total. The van der Waals surface area contributed by atoms with Crippen molar-refractivity contribution in [3.63, 3.8) is 0 Å². The van der Waals surface area contributed by atoms with Crippen LogP contribution in [-0.4, -0.2) is 29.3 Å². The Kier molecular flexibility index (Phi) is 11.7. The maximum absolute atomic E-state index is 12.0. The van der Waals surface area contributed by atoms with Crippen LogP contribution in [0.3, 0.4) is 0 Å². The molecule has 1 rings (SSSR count). The van der Waals surface area contributed by atoms with Crippen LogP contribution in [0.2, 0.25) is 0 Å². The van der Waals surface area contributed by atoms with Crippen molar-refractivity contribution < 1.29 is 47.7 Å². The normalized spacial score (nSPS) is 11.7. The number of hydrazine groups is 1. The minimum absolute atomic E-state index is 0. The van der Waals surface area contributed by atoms with Crippen LogP contribution < -0.4 is 10.4 Å². The zero-order valence-corrected chi connectivity index (χ0v) is 17.5. The number of anilines is 1. The van der Waals surface area contributed by atoms with Crippen LogP contribution in [-0.2, 0) is 37.5 Å². The molecule has 133 valence electrons. The molecule has 1 atom stereocenters. The number of unbranched alkanes of at least 4 members (excludes halogenated alkanes) is 1. The summed E-state index contributed by atoms with van der Waals surface area (Å²) >= 11 is 0. The first-order valence-corrected chi connectivity index (χ1v) is 7.75. The predicted octanol–water partition coefficient (Wildman–Crippen LogP) is 2.60. The second kappa shape index (κ2) is 12.3. The molecule has 6 nitrogen and oxygen atoms in total. The van der Waals surface area contributed by atoms with Crippen molar-refractivity contribution in [3.8, 4) is 0 Å². The molecule has 0 spiro atoms. The Morgan fingerprint density at radius 3 is 2.68 bits per heavy atom. The van der Waals surface area contributed by atoms with Crippen molar-refractivity contribution >= 4 is 17.3 Å². The molecule has 0 aliphatic rings. The molecule has 1 aromatic carbocycles. The number of amides is 1. The molecule has 0 heterocycles. The van der Waals surface area contributed by atoms with Gasteiger partial charge >= 0.3 is 0 Å². The van der Waals surface area contributed by atoms with Crippen molar-refractivity contribution in [2.45, 2.75) is 32.8 Å². The number of aryl methyl sites for hydroxylation is 1. The molecule has 0 saturated carbocycles. The molecule has 1 radical (unpaired) electrons. The van der Waals surface area contributed by atoms with Crippen LogP contribution in [0, 0.1) is 20.4 Å². The summed E-state index contributed by atoms with van der Waals surface area (Å²) < 4.78 is 0. The van der Waals surface area contributed by atoms with Crippen molar-refractivity contribution in [2.24, 2.45) is 0 Å². The molecular weight excluding hydrogens is 395 g/mol. The SMILES string of the molecule is [C-]#[N+]c1cc(C(O)CO)c(C)cc1N(NC/C=C\CC[CH2-])C(C)=O.[Y]. The van der Waals surface area contributed by atoms with Gasteiger partial charge in [-0.05, 0) is 30.2 Å². The number of benzene rings is 1. The van der Waals surface area contributed by atoms with E-state index in [1.165, 1.54) is 18.0 Å². The van der Waals surface area contributed by atoms with E-state index in [1.807, 2.05) is 12.2 Å². The van der Waals surface area contributed by atoms with Gasteiger partial charge < -0.3 is 17.1 Å². The summed E-state index contributed by atoms with van der Waals surface area (Å²) in [7, 11) is 0. The van der Waals surface area contributed by atoms with Gasteiger partial charge in [0.1, 0.15) is 6.10 Å². The van der Waals surface area contributed by atoms with E-state index < -0.39 is 12.7 Å². The Morgan fingerprint density at radius 2 is 2.16 bits per heavy atom. The number of aliphatic hydroxyl groups is 2. The summed E-state index contributed by atoms with van der Waals surface area (Å²) in [6, 6.07) is 3.17. The van der Waals surface area contributed by atoms with Gasteiger partial charge in [-0.2, -0.15) is 6.42 Å². The average Bonchev–Trinajstić information content (AvgIpc) is 2.57. The van der Waals surface area contributed by atoms with Crippen LogP contribution in [0.5, 0.6) is 0 Å². The zero-order chi connectivity index (χ0) is 18.1. The monoisotopic (exact) mass is 419 g/mol. The van der Waals surface area contributed by atoms with Crippen LogP contribution >= 0.6 is 0 Å². The van der Waals surface area contributed by atoms with Gasteiger partial charge in [-0.3, -0.25) is 9.80 Å². The molecule has 1 amide bonds. The fraction of sp³-hybridized carbons (Fsp3) is 0.389. The minimum atomic E-state index is -1.05. The smallest absolute Gasteiger partial charge is 0.237 e. The number of nitrogens with zero attached hydrogens (tertiary/aromatic N) is 2. The van der Waals surface area contributed by atoms with E-state index in [0.717, 1.165) is 12.8 Å². The summed E-state index contributed by atoms with van der Waals surface area (Å²) in [4.78, 5) is 15.4. The Morgan fingerprint density at radius 1 is 1.48 bits per heavy atom. The summed E-state index contributed by atoms with van der Waals surface area (Å²) in [5.74, 6) is -0.250. The largest absolute Gasteiger partial charge is 0.393 e. The summed E-state index contributed by atoms with van der Waals surface area (Å²) in [6.07, 6.45) is 4.49. The second-order valence-electron chi connectivity index (χ2n) is 5.34. The number of aliphatic hydroxyl groups excluding tert-OH is 2. The standard InChI is InChI=1S/C18H24N3O3.Y/c1-5-6-7-8-9-20-21(14(3)23)17-10-13(2)15(18(24)12-22)11-16(17)19-4;/h7-8,10-11,18,20,22,24H,1,5-6,9,12H2,2-3H3;/q-1;/b8-7-;. The topological polar surface area (TPSA) is 77.2 Å².